The Morgan fingerprint density at radius 2 is 2.19 bits per heavy atom. The van der Waals surface area contributed by atoms with E-state index in [2.05, 4.69) is 11.8 Å². The van der Waals surface area contributed by atoms with E-state index in [1.165, 1.54) is 12.1 Å². The summed E-state index contributed by atoms with van der Waals surface area (Å²) in [7, 11) is 0. The molecule has 0 saturated carbocycles. The predicted molar refractivity (Wildman–Crippen MR) is 81.7 cm³/mol. The number of hydrogen-bond donors (Lipinski definition) is 2. The number of halogens is 2. The first kappa shape index (κ1) is 16.7. The van der Waals surface area contributed by atoms with Crippen molar-refractivity contribution in [2.75, 3.05) is 19.7 Å². The highest BCUT2D eigenvalue weighted by Gasteiger charge is 2.41. The average Bonchev–Trinajstić information content (AvgIpc) is 2.41. The second kappa shape index (κ2) is 7.05. The van der Waals surface area contributed by atoms with Gasteiger partial charge in [-0.25, -0.2) is 4.39 Å². The molecule has 118 valence electrons. The first-order valence-corrected chi connectivity index (χ1v) is 7.83. The van der Waals surface area contributed by atoms with Crippen LogP contribution in [0.2, 0.25) is 5.02 Å². The molecule has 0 unspecified atom stereocenters. The molecule has 5 heteroatoms. The van der Waals surface area contributed by atoms with E-state index in [4.69, 9.17) is 11.6 Å². The van der Waals surface area contributed by atoms with Crippen LogP contribution in [0.3, 0.4) is 0 Å². The van der Waals surface area contributed by atoms with Gasteiger partial charge in [0, 0.05) is 30.1 Å². The minimum Gasteiger partial charge on any atom is -0.396 e. The van der Waals surface area contributed by atoms with Gasteiger partial charge >= 0.3 is 0 Å². The van der Waals surface area contributed by atoms with Crippen molar-refractivity contribution >= 4 is 11.6 Å². The van der Waals surface area contributed by atoms with Crippen molar-refractivity contribution in [3.8, 4) is 0 Å². The first-order valence-electron chi connectivity index (χ1n) is 7.45. The Morgan fingerprint density at radius 3 is 2.81 bits per heavy atom. The molecule has 0 radical (unpaired) electrons. The van der Waals surface area contributed by atoms with Gasteiger partial charge in [-0.2, -0.15) is 0 Å². The highest BCUT2D eigenvalue weighted by molar-refractivity contribution is 6.30. The molecule has 1 aliphatic rings. The van der Waals surface area contributed by atoms with E-state index in [1.54, 1.807) is 6.07 Å². The zero-order valence-electron chi connectivity index (χ0n) is 12.4. The largest absolute Gasteiger partial charge is 0.396 e. The molecule has 1 fully saturated rings. The molecule has 1 aliphatic heterocycles. The SMILES string of the molecule is CCC[C@@]1(CO)CN(Cc2cc(F)cc(Cl)c2)CC[C@@H]1O. The number of hydrogen-bond acceptors (Lipinski definition) is 3. The van der Waals surface area contributed by atoms with Crippen molar-refractivity contribution in [2.45, 2.75) is 38.8 Å². The van der Waals surface area contributed by atoms with Gasteiger partial charge in [0.15, 0.2) is 0 Å². The number of rotatable bonds is 5. The minimum atomic E-state index is -0.477. The Hall–Kier alpha value is -0.680. The van der Waals surface area contributed by atoms with Gasteiger partial charge in [-0.15, -0.1) is 0 Å². The summed E-state index contributed by atoms with van der Waals surface area (Å²) in [4.78, 5) is 2.16. The van der Waals surface area contributed by atoms with Crippen LogP contribution in [0.5, 0.6) is 0 Å². The van der Waals surface area contributed by atoms with Crippen LogP contribution in [0, 0.1) is 11.2 Å². The van der Waals surface area contributed by atoms with Crippen LogP contribution in [-0.4, -0.2) is 40.9 Å². The third kappa shape index (κ3) is 3.95. The molecule has 3 nitrogen and oxygen atoms in total. The molecule has 2 atom stereocenters. The molecule has 1 aromatic rings. The maximum absolute atomic E-state index is 13.4. The van der Waals surface area contributed by atoms with Crippen LogP contribution >= 0.6 is 11.6 Å². The van der Waals surface area contributed by atoms with Gasteiger partial charge in [-0.3, -0.25) is 4.90 Å². The predicted octanol–water partition coefficient (Wildman–Crippen LogP) is 2.82. The van der Waals surface area contributed by atoms with Crippen molar-refractivity contribution in [3.63, 3.8) is 0 Å². The van der Waals surface area contributed by atoms with E-state index in [1.807, 2.05) is 0 Å². The molecular formula is C16H23ClFNO2. The lowest BCUT2D eigenvalue weighted by molar-refractivity contribution is -0.0819. The number of piperidine rings is 1. The minimum absolute atomic E-state index is 0.0254. The number of benzene rings is 1. The third-order valence-corrected chi connectivity index (χ3v) is 4.57. The van der Waals surface area contributed by atoms with Crippen molar-refractivity contribution in [1.82, 2.24) is 4.90 Å². The fourth-order valence-electron chi connectivity index (χ4n) is 3.31. The summed E-state index contributed by atoms with van der Waals surface area (Å²) in [5.74, 6) is -0.337. The molecule has 1 heterocycles. The van der Waals surface area contributed by atoms with Crippen molar-refractivity contribution in [2.24, 2.45) is 5.41 Å². The lowest BCUT2D eigenvalue weighted by Gasteiger charge is -2.45. The summed E-state index contributed by atoms with van der Waals surface area (Å²) in [6.45, 7) is 3.96. The first-order chi connectivity index (χ1) is 9.99. The summed E-state index contributed by atoms with van der Waals surface area (Å²) in [6, 6.07) is 4.54. The number of aliphatic hydroxyl groups excluding tert-OH is 2. The van der Waals surface area contributed by atoms with Gasteiger partial charge in [-0.1, -0.05) is 24.9 Å². The molecule has 0 spiro atoms. The van der Waals surface area contributed by atoms with Crippen LogP contribution in [0.25, 0.3) is 0 Å². The summed E-state index contributed by atoms with van der Waals surface area (Å²) >= 11 is 5.89. The van der Waals surface area contributed by atoms with Gasteiger partial charge in [0.2, 0.25) is 0 Å². The van der Waals surface area contributed by atoms with E-state index in [0.29, 0.717) is 24.5 Å². The molecule has 2 N–H and O–H groups in total. The summed E-state index contributed by atoms with van der Waals surface area (Å²) in [5.41, 5.74) is 0.351. The van der Waals surface area contributed by atoms with Crippen molar-refractivity contribution in [1.29, 1.82) is 0 Å². The molecule has 0 aliphatic carbocycles. The molecular weight excluding hydrogens is 293 g/mol. The van der Waals surface area contributed by atoms with E-state index >= 15 is 0 Å². The third-order valence-electron chi connectivity index (χ3n) is 4.36. The lowest BCUT2D eigenvalue weighted by atomic mass is 9.74. The van der Waals surface area contributed by atoms with Crippen LogP contribution in [-0.2, 0) is 6.54 Å². The van der Waals surface area contributed by atoms with Crippen LogP contribution in [0.1, 0.15) is 31.7 Å². The average molecular weight is 316 g/mol. The van der Waals surface area contributed by atoms with Crippen LogP contribution in [0.4, 0.5) is 4.39 Å². The number of aliphatic hydroxyl groups is 2. The van der Waals surface area contributed by atoms with Gasteiger partial charge in [0.25, 0.3) is 0 Å². The van der Waals surface area contributed by atoms with Gasteiger partial charge in [0.05, 0.1) is 12.7 Å². The Kier molecular flexibility index (Phi) is 5.60. The fraction of sp³-hybridized carbons (Fsp3) is 0.625. The van der Waals surface area contributed by atoms with E-state index < -0.39 is 11.5 Å². The van der Waals surface area contributed by atoms with E-state index in [9.17, 15) is 14.6 Å². The van der Waals surface area contributed by atoms with Gasteiger partial charge < -0.3 is 10.2 Å². The molecule has 0 bridgehead atoms. The Morgan fingerprint density at radius 1 is 1.43 bits per heavy atom. The Balaban J connectivity index is 2.10. The smallest absolute Gasteiger partial charge is 0.125 e. The zero-order chi connectivity index (χ0) is 15.5. The molecule has 2 rings (SSSR count). The second-order valence-electron chi connectivity index (χ2n) is 6.06. The quantitative estimate of drug-likeness (QED) is 0.878. The fourth-order valence-corrected chi connectivity index (χ4v) is 3.56. The molecule has 1 saturated heterocycles. The zero-order valence-corrected chi connectivity index (χ0v) is 13.1. The Bertz CT molecular complexity index is 465. The molecule has 1 aromatic carbocycles. The van der Waals surface area contributed by atoms with E-state index in [0.717, 1.165) is 24.9 Å². The van der Waals surface area contributed by atoms with Crippen LogP contribution < -0.4 is 0 Å². The highest BCUT2D eigenvalue weighted by Crippen LogP contribution is 2.35. The molecule has 0 aromatic heterocycles. The maximum Gasteiger partial charge on any atom is 0.125 e. The normalized spacial score (nSPS) is 27.0. The number of nitrogens with zero attached hydrogens (tertiary/aromatic N) is 1. The lowest BCUT2D eigenvalue weighted by Crippen LogP contribution is -2.53. The van der Waals surface area contributed by atoms with E-state index in [-0.39, 0.29) is 12.4 Å². The topological polar surface area (TPSA) is 43.7 Å². The molecule has 0 amide bonds. The van der Waals surface area contributed by atoms with Crippen molar-refractivity contribution in [3.05, 3.63) is 34.6 Å². The van der Waals surface area contributed by atoms with Gasteiger partial charge in [0.1, 0.15) is 5.82 Å². The van der Waals surface area contributed by atoms with Crippen LogP contribution in [0.15, 0.2) is 18.2 Å². The highest BCUT2D eigenvalue weighted by atomic mass is 35.5. The number of likely N-dealkylation sites (tertiary alicyclic amines) is 1. The summed E-state index contributed by atoms with van der Waals surface area (Å²) < 4.78 is 13.4. The summed E-state index contributed by atoms with van der Waals surface area (Å²) in [6.07, 6.45) is 1.85. The molecule has 21 heavy (non-hydrogen) atoms. The van der Waals surface area contributed by atoms with Gasteiger partial charge in [-0.05, 0) is 36.6 Å². The monoisotopic (exact) mass is 315 g/mol. The van der Waals surface area contributed by atoms with Crippen molar-refractivity contribution < 1.29 is 14.6 Å². The second-order valence-corrected chi connectivity index (χ2v) is 6.50. The standard InChI is InChI=1S/C16H23ClFNO2/c1-2-4-16(11-20)10-19(5-3-15(16)21)9-12-6-13(17)8-14(18)7-12/h6-8,15,20-21H,2-5,9-11H2,1H3/t15-,16-/m0/s1. The maximum atomic E-state index is 13.4. The summed E-state index contributed by atoms with van der Waals surface area (Å²) in [5, 5.41) is 20.4. The Labute approximate surface area is 130 Å².